The Kier molecular flexibility index (Phi) is 5.88. The molecule has 2 N–H and O–H groups in total. The summed E-state index contributed by atoms with van der Waals surface area (Å²) in [5, 5.41) is 0. The van der Waals surface area contributed by atoms with Crippen LogP contribution in [-0.4, -0.2) is 38.3 Å². The summed E-state index contributed by atoms with van der Waals surface area (Å²) in [5.74, 6) is 1.68. The minimum Gasteiger partial charge on any atom is -0.497 e. The first-order valence-corrected chi connectivity index (χ1v) is 7.92. The average molecular weight is 292 g/mol. The lowest BCUT2D eigenvalue weighted by atomic mass is 9.94. The van der Waals surface area contributed by atoms with E-state index >= 15 is 0 Å². The summed E-state index contributed by atoms with van der Waals surface area (Å²) in [6, 6.07) is 6.88. The zero-order valence-corrected chi connectivity index (χ0v) is 13.5. The average Bonchev–Trinajstić information content (AvgIpc) is 2.56. The third kappa shape index (κ3) is 3.50. The van der Waals surface area contributed by atoms with Crippen molar-refractivity contribution < 1.29 is 9.47 Å². The first-order valence-electron chi connectivity index (χ1n) is 7.92. The maximum Gasteiger partial charge on any atom is 0.127 e. The van der Waals surface area contributed by atoms with Crippen molar-refractivity contribution in [3.8, 4) is 11.5 Å². The molecule has 0 radical (unpaired) electrons. The first kappa shape index (κ1) is 16.1. The Bertz CT molecular complexity index is 450. The van der Waals surface area contributed by atoms with E-state index in [1.165, 1.54) is 31.2 Å². The largest absolute Gasteiger partial charge is 0.497 e. The molecule has 1 aliphatic rings. The number of nitrogens with two attached hydrogens (primary N) is 1. The van der Waals surface area contributed by atoms with Crippen molar-refractivity contribution in [1.82, 2.24) is 4.90 Å². The number of benzene rings is 1. The lowest BCUT2D eigenvalue weighted by Crippen LogP contribution is -2.44. The van der Waals surface area contributed by atoms with Gasteiger partial charge >= 0.3 is 0 Å². The van der Waals surface area contributed by atoms with Crippen molar-refractivity contribution in [1.29, 1.82) is 0 Å². The van der Waals surface area contributed by atoms with E-state index in [1.54, 1.807) is 14.2 Å². The number of hydrogen-bond acceptors (Lipinski definition) is 4. The maximum atomic E-state index is 6.12. The second kappa shape index (κ2) is 7.66. The second-order valence-corrected chi connectivity index (χ2v) is 5.66. The number of likely N-dealkylation sites (tertiary alicyclic amines) is 1. The highest BCUT2D eigenvalue weighted by Crippen LogP contribution is 2.35. The second-order valence-electron chi connectivity index (χ2n) is 5.66. The van der Waals surface area contributed by atoms with Gasteiger partial charge in [-0.2, -0.15) is 0 Å². The van der Waals surface area contributed by atoms with Crippen LogP contribution in [0.1, 0.15) is 44.2 Å². The molecule has 1 aliphatic heterocycles. The van der Waals surface area contributed by atoms with Crippen LogP contribution in [0.15, 0.2) is 18.2 Å². The zero-order valence-electron chi connectivity index (χ0n) is 13.5. The fourth-order valence-corrected chi connectivity index (χ4v) is 3.41. The summed E-state index contributed by atoms with van der Waals surface area (Å²) in [5.41, 5.74) is 7.29. The van der Waals surface area contributed by atoms with Gasteiger partial charge in [0, 0.05) is 24.2 Å². The first-order chi connectivity index (χ1) is 10.2. The standard InChI is InChI=1S/C17H28N2O2/c1-4-13-7-5-6-10-19(13)16(12-18)15-9-8-14(20-2)11-17(15)21-3/h8-9,11,13,16H,4-7,10,12,18H2,1-3H3. The zero-order chi connectivity index (χ0) is 15.2. The minimum atomic E-state index is 0.219. The van der Waals surface area contributed by atoms with Crippen LogP contribution in [0.3, 0.4) is 0 Å². The van der Waals surface area contributed by atoms with Gasteiger partial charge in [0.05, 0.1) is 20.3 Å². The van der Waals surface area contributed by atoms with Crippen molar-refractivity contribution in [3.05, 3.63) is 23.8 Å². The number of ether oxygens (including phenoxy) is 2. The molecular weight excluding hydrogens is 264 g/mol. The Labute approximate surface area is 128 Å². The number of hydrogen-bond donors (Lipinski definition) is 1. The minimum absolute atomic E-state index is 0.219. The van der Waals surface area contributed by atoms with Gasteiger partial charge in [-0.05, 0) is 31.9 Å². The maximum absolute atomic E-state index is 6.12. The summed E-state index contributed by atoms with van der Waals surface area (Å²) >= 11 is 0. The molecule has 0 amide bonds. The molecule has 0 bridgehead atoms. The molecule has 1 aromatic carbocycles. The summed E-state index contributed by atoms with van der Waals surface area (Å²) in [6.07, 6.45) is 5.03. The van der Waals surface area contributed by atoms with E-state index < -0.39 is 0 Å². The highest BCUT2D eigenvalue weighted by Gasteiger charge is 2.29. The number of nitrogens with zero attached hydrogens (tertiary/aromatic N) is 1. The molecule has 0 aromatic heterocycles. The van der Waals surface area contributed by atoms with Crippen LogP contribution >= 0.6 is 0 Å². The van der Waals surface area contributed by atoms with Gasteiger partial charge in [0.25, 0.3) is 0 Å². The molecule has 1 aromatic rings. The summed E-state index contributed by atoms with van der Waals surface area (Å²) in [4.78, 5) is 2.56. The van der Waals surface area contributed by atoms with Crippen molar-refractivity contribution in [2.24, 2.45) is 5.73 Å². The number of methoxy groups -OCH3 is 2. The molecule has 0 saturated carbocycles. The molecule has 21 heavy (non-hydrogen) atoms. The van der Waals surface area contributed by atoms with E-state index in [-0.39, 0.29) is 6.04 Å². The van der Waals surface area contributed by atoms with Gasteiger partial charge in [0.2, 0.25) is 0 Å². The van der Waals surface area contributed by atoms with Crippen LogP contribution in [0.25, 0.3) is 0 Å². The molecule has 2 atom stereocenters. The molecule has 2 unspecified atom stereocenters. The highest BCUT2D eigenvalue weighted by molar-refractivity contribution is 5.42. The van der Waals surface area contributed by atoms with Crippen LogP contribution in [0, 0.1) is 0 Å². The number of rotatable bonds is 6. The van der Waals surface area contributed by atoms with E-state index in [2.05, 4.69) is 17.9 Å². The van der Waals surface area contributed by atoms with Gasteiger partial charge < -0.3 is 15.2 Å². The van der Waals surface area contributed by atoms with Crippen LogP contribution in [-0.2, 0) is 0 Å². The fourth-order valence-electron chi connectivity index (χ4n) is 3.41. The molecule has 2 rings (SSSR count). The van der Waals surface area contributed by atoms with Gasteiger partial charge in [0.15, 0.2) is 0 Å². The number of piperidine rings is 1. The van der Waals surface area contributed by atoms with Crippen molar-refractivity contribution in [2.75, 3.05) is 27.3 Å². The van der Waals surface area contributed by atoms with E-state index in [0.717, 1.165) is 18.0 Å². The predicted molar refractivity (Wildman–Crippen MR) is 86.0 cm³/mol. The molecule has 4 heteroatoms. The topological polar surface area (TPSA) is 47.7 Å². The molecule has 1 saturated heterocycles. The molecule has 1 heterocycles. The van der Waals surface area contributed by atoms with Gasteiger partial charge in [0.1, 0.15) is 11.5 Å². The molecule has 0 aliphatic carbocycles. The summed E-state index contributed by atoms with van der Waals surface area (Å²) < 4.78 is 10.9. The van der Waals surface area contributed by atoms with Crippen LogP contribution in [0.5, 0.6) is 11.5 Å². The van der Waals surface area contributed by atoms with Crippen LogP contribution < -0.4 is 15.2 Å². The van der Waals surface area contributed by atoms with Crippen LogP contribution in [0.4, 0.5) is 0 Å². The normalized spacial score (nSPS) is 21.0. The Morgan fingerprint density at radius 2 is 2.10 bits per heavy atom. The lowest BCUT2D eigenvalue weighted by Gasteiger charge is -2.41. The van der Waals surface area contributed by atoms with Gasteiger partial charge in [-0.3, -0.25) is 4.90 Å². The predicted octanol–water partition coefficient (Wildman–Crippen LogP) is 2.97. The monoisotopic (exact) mass is 292 g/mol. The quantitative estimate of drug-likeness (QED) is 0.875. The molecule has 118 valence electrons. The molecular formula is C17H28N2O2. The molecule has 0 spiro atoms. The van der Waals surface area contributed by atoms with Crippen LogP contribution in [0.2, 0.25) is 0 Å². The Morgan fingerprint density at radius 1 is 1.29 bits per heavy atom. The van der Waals surface area contributed by atoms with Gasteiger partial charge in [-0.1, -0.05) is 19.4 Å². The Hall–Kier alpha value is -1.26. The van der Waals surface area contributed by atoms with E-state index in [4.69, 9.17) is 15.2 Å². The summed E-state index contributed by atoms with van der Waals surface area (Å²) in [6.45, 7) is 4.00. The molecule has 4 nitrogen and oxygen atoms in total. The van der Waals surface area contributed by atoms with Gasteiger partial charge in [-0.15, -0.1) is 0 Å². The third-order valence-electron chi connectivity index (χ3n) is 4.57. The third-order valence-corrected chi connectivity index (χ3v) is 4.57. The Balaban J connectivity index is 2.31. The SMILES string of the molecule is CCC1CCCCN1C(CN)c1ccc(OC)cc1OC. The van der Waals surface area contributed by atoms with Gasteiger partial charge in [-0.25, -0.2) is 0 Å². The lowest BCUT2D eigenvalue weighted by molar-refractivity contribution is 0.0934. The van der Waals surface area contributed by atoms with Crippen molar-refractivity contribution in [2.45, 2.75) is 44.7 Å². The molecule has 1 fully saturated rings. The fraction of sp³-hybridized carbons (Fsp3) is 0.647. The van der Waals surface area contributed by atoms with Crippen molar-refractivity contribution >= 4 is 0 Å². The van der Waals surface area contributed by atoms with E-state index in [0.29, 0.717) is 12.6 Å². The summed E-state index contributed by atoms with van der Waals surface area (Å²) in [7, 11) is 3.38. The smallest absolute Gasteiger partial charge is 0.127 e. The van der Waals surface area contributed by atoms with E-state index in [1.807, 2.05) is 12.1 Å². The Morgan fingerprint density at radius 3 is 2.71 bits per heavy atom. The van der Waals surface area contributed by atoms with E-state index in [9.17, 15) is 0 Å². The van der Waals surface area contributed by atoms with Crippen molar-refractivity contribution in [3.63, 3.8) is 0 Å². The highest BCUT2D eigenvalue weighted by atomic mass is 16.5.